The maximum absolute atomic E-state index is 11.9. The minimum atomic E-state index is 0.131. The number of carbonyl (C=O) groups excluding carboxylic acids is 1. The lowest BCUT2D eigenvalue weighted by Gasteiger charge is -2.15. The van der Waals surface area contributed by atoms with Crippen molar-refractivity contribution in [3.8, 4) is 5.75 Å². The summed E-state index contributed by atoms with van der Waals surface area (Å²) >= 11 is 0. The number of hydrogen-bond donors (Lipinski definition) is 1. The molecule has 94 valence electrons. The van der Waals surface area contributed by atoms with Crippen LogP contribution in [0, 0.1) is 0 Å². The molecular weight excluding hydrogens is 216 g/mol. The van der Waals surface area contributed by atoms with Crippen molar-refractivity contribution in [2.75, 3.05) is 40.8 Å². The first-order valence-corrected chi connectivity index (χ1v) is 5.67. The lowest BCUT2D eigenvalue weighted by Crippen LogP contribution is -2.31. The van der Waals surface area contributed by atoms with Gasteiger partial charge in [0.2, 0.25) is 0 Å². The van der Waals surface area contributed by atoms with Crippen LogP contribution < -0.4 is 10.1 Å². The molecule has 0 saturated carbocycles. The number of carbonyl (C=O) groups is 1. The Kier molecular flexibility index (Phi) is 5.66. The van der Waals surface area contributed by atoms with Gasteiger partial charge in [0.15, 0.2) is 5.78 Å². The highest BCUT2D eigenvalue weighted by Gasteiger charge is 2.08. The first kappa shape index (κ1) is 13.7. The fourth-order valence-electron chi connectivity index (χ4n) is 1.50. The first-order valence-electron chi connectivity index (χ1n) is 5.67. The molecule has 0 unspecified atom stereocenters. The van der Waals surface area contributed by atoms with Crippen LogP contribution in [0.15, 0.2) is 24.3 Å². The van der Waals surface area contributed by atoms with Gasteiger partial charge in [0, 0.05) is 18.7 Å². The summed E-state index contributed by atoms with van der Waals surface area (Å²) in [7, 11) is 5.46. The van der Waals surface area contributed by atoms with Crippen LogP contribution in [0.4, 0.5) is 0 Å². The second kappa shape index (κ2) is 7.04. The van der Waals surface area contributed by atoms with Crippen molar-refractivity contribution in [2.24, 2.45) is 0 Å². The van der Waals surface area contributed by atoms with Gasteiger partial charge in [-0.3, -0.25) is 9.69 Å². The van der Waals surface area contributed by atoms with Crippen molar-refractivity contribution < 1.29 is 9.53 Å². The number of hydrogen-bond acceptors (Lipinski definition) is 4. The molecule has 0 saturated heterocycles. The second-order valence-corrected chi connectivity index (χ2v) is 3.99. The Hall–Kier alpha value is -1.39. The summed E-state index contributed by atoms with van der Waals surface area (Å²) in [5, 5.41) is 3.06. The van der Waals surface area contributed by atoms with E-state index >= 15 is 0 Å². The quantitative estimate of drug-likeness (QED) is 0.718. The molecule has 0 aromatic heterocycles. The average Bonchev–Trinajstić information content (AvgIpc) is 2.36. The number of Topliss-reactive ketones (excluding diaryl/α,β-unsaturated/α-hetero) is 1. The fourth-order valence-corrected chi connectivity index (χ4v) is 1.50. The fraction of sp³-hybridized carbons (Fsp3) is 0.462. The Balaban J connectivity index is 2.51. The van der Waals surface area contributed by atoms with Crippen molar-refractivity contribution in [1.29, 1.82) is 0 Å². The number of nitrogens with one attached hydrogen (secondary N) is 1. The average molecular weight is 236 g/mol. The molecule has 0 bridgehead atoms. The van der Waals surface area contributed by atoms with Crippen LogP contribution in [0.5, 0.6) is 5.75 Å². The van der Waals surface area contributed by atoms with E-state index in [0.717, 1.165) is 24.4 Å². The molecule has 0 fully saturated rings. The third-order valence-corrected chi connectivity index (χ3v) is 2.57. The molecular formula is C13H20N2O2. The van der Waals surface area contributed by atoms with Gasteiger partial charge < -0.3 is 10.1 Å². The zero-order valence-electron chi connectivity index (χ0n) is 10.7. The van der Waals surface area contributed by atoms with Crippen molar-refractivity contribution in [2.45, 2.75) is 0 Å². The summed E-state index contributed by atoms with van der Waals surface area (Å²) in [5.74, 6) is 0.899. The maximum Gasteiger partial charge on any atom is 0.176 e. The maximum atomic E-state index is 11.9. The van der Waals surface area contributed by atoms with Gasteiger partial charge >= 0.3 is 0 Å². The topological polar surface area (TPSA) is 41.6 Å². The van der Waals surface area contributed by atoms with E-state index in [0.29, 0.717) is 6.54 Å². The van der Waals surface area contributed by atoms with Crippen LogP contribution >= 0.6 is 0 Å². The van der Waals surface area contributed by atoms with Gasteiger partial charge in [-0.15, -0.1) is 0 Å². The molecule has 0 aliphatic heterocycles. The summed E-state index contributed by atoms with van der Waals surface area (Å²) in [6.07, 6.45) is 0. The summed E-state index contributed by atoms with van der Waals surface area (Å²) in [6.45, 7) is 2.18. The van der Waals surface area contributed by atoms with E-state index in [1.54, 1.807) is 31.4 Å². The molecule has 1 N–H and O–H groups in total. The highest BCUT2D eigenvalue weighted by atomic mass is 16.5. The molecule has 4 heteroatoms. The monoisotopic (exact) mass is 236 g/mol. The Labute approximate surface area is 103 Å². The third kappa shape index (κ3) is 4.54. The van der Waals surface area contributed by atoms with Gasteiger partial charge in [0.25, 0.3) is 0 Å². The summed E-state index contributed by atoms with van der Waals surface area (Å²) in [6, 6.07) is 7.21. The molecule has 0 heterocycles. The van der Waals surface area contributed by atoms with E-state index in [2.05, 4.69) is 5.32 Å². The Morgan fingerprint density at radius 3 is 2.53 bits per heavy atom. The van der Waals surface area contributed by atoms with Crippen LogP contribution in [-0.4, -0.2) is 51.5 Å². The van der Waals surface area contributed by atoms with Crippen LogP contribution in [0.25, 0.3) is 0 Å². The molecule has 0 amide bonds. The minimum absolute atomic E-state index is 0.131. The molecule has 0 radical (unpaired) electrons. The van der Waals surface area contributed by atoms with Gasteiger partial charge in [-0.25, -0.2) is 0 Å². The van der Waals surface area contributed by atoms with Gasteiger partial charge in [0.1, 0.15) is 5.75 Å². The summed E-state index contributed by atoms with van der Waals surface area (Å²) in [5.41, 5.74) is 0.724. The van der Waals surface area contributed by atoms with E-state index < -0.39 is 0 Å². The molecule has 1 rings (SSSR count). The zero-order chi connectivity index (χ0) is 12.7. The van der Waals surface area contributed by atoms with E-state index in [1.165, 1.54) is 0 Å². The molecule has 4 nitrogen and oxygen atoms in total. The van der Waals surface area contributed by atoms with Crippen LogP contribution in [0.1, 0.15) is 10.4 Å². The predicted molar refractivity (Wildman–Crippen MR) is 68.7 cm³/mol. The standard InChI is InChI=1S/C13H20N2O2/c1-14-8-9-15(2)10-13(16)11-4-6-12(17-3)7-5-11/h4-7,14H,8-10H2,1-3H3. The normalized spacial score (nSPS) is 10.6. The van der Waals surface area contributed by atoms with Crippen LogP contribution in [0.3, 0.4) is 0 Å². The number of ether oxygens (including phenoxy) is 1. The van der Waals surface area contributed by atoms with Crippen molar-refractivity contribution in [3.05, 3.63) is 29.8 Å². The lowest BCUT2D eigenvalue weighted by atomic mass is 10.1. The molecule has 0 atom stereocenters. The van der Waals surface area contributed by atoms with Crippen molar-refractivity contribution in [1.82, 2.24) is 10.2 Å². The Morgan fingerprint density at radius 2 is 2.00 bits per heavy atom. The smallest absolute Gasteiger partial charge is 0.176 e. The third-order valence-electron chi connectivity index (χ3n) is 2.57. The molecule has 0 aliphatic carbocycles. The predicted octanol–water partition coefficient (Wildman–Crippen LogP) is 1.03. The van der Waals surface area contributed by atoms with Gasteiger partial charge in [-0.1, -0.05) is 0 Å². The number of ketones is 1. The minimum Gasteiger partial charge on any atom is -0.497 e. The van der Waals surface area contributed by atoms with Crippen LogP contribution in [-0.2, 0) is 0 Å². The SMILES string of the molecule is CNCCN(C)CC(=O)c1ccc(OC)cc1. The molecule has 0 spiro atoms. The number of benzene rings is 1. The van der Waals surface area contributed by atoms with Crippen molar-refractivity contribution >= 4 is 5.78 Å². The van der Waals surface area contributed by atoms with E-state index in [-0.39, 0.29) is 5.78 Å². The molecule has 1 aromatic rings. The van der Waals surface area contributed by atoms with Gasteiger partial charge in [-0.2, -0.15) is 0 Å². The molecule has 1 aromatic carbocycles. The van der Waals surface area contributed by atoms with Crippen molar-refractivity contribution in [3.63, 3.8) is 0 Å². The largest absolute Gasteiger partial charge is 0.497 e. The Morgan fingerprint density at radius 1 is 1.35 bits per heavy atom. The number of likely N-dealkylation sites (N-methyl/N-ethyl adjacent to an activating group) is 2. The van der Waals surface area contributed by atoms with E-state index in [9.17, 15) is 4.79 Å². The molecule has 17 heavy (non-hydrogen) atoms. The summed E-state index contributed by atoms with van der Waals surface area (Å²) < 4.78 is 5.05. The number of rotatable bonds is 7. The lowest BCUT2D eigenvalue weighted by molar-refractivity contribution is 0.0947. The first-order chi connectivity index (χ1) is 8.17. The van der Waals surface area contributed by atoms with Gasteiger partial charge in [-0.05, 0) is 38.4 Å². The second-order valence-electron chi connectivity index (χ2n) is 3.99. The number of methoxy groups -OCH3 is 1. The van der Waals surface area contributed by atoms with E-state index in [1.807, 2.05) is 19.0 Å². The number of nitrogens with zero attached hydrogens (tertiary/aromatic N) is 1. The zero-order valence-corrected chi connectivity index (χ0v) is 10.7. The highest BCUT2D eigenvalue weighted by Crippen LogP contribution is 2.11. The Bertz CT molecular complexity index is 349. The van der Waals surface area contributed by atoms with E-state index in [4.69, 9.17) is 4.74 Å². The van der Waals surface area contributed by atoms with Gasteiger partial charge in [0.05, 0.1) is 13.7 Å². The highest BCUT2D eigenvalue weighted by molar-refractivity contribution is 5.97. The summed E-state index contributed by atoms with van der Waals surface area (Å²) in [4.78, 5) is 13.9. The molecule has 0 aliphatic rings. The van der Waals surface area contributed by atoms with Crippen LogP contribution in [0.2, 0.25) is 0 Å².